The molecule has 3 fully saturated rings. The first kappa shape index (κ1) is 27.8. The number of nitrogens with one attached hydrogen (secondary N) is 1. The minimum atomic E-state index is -0.481. The number of amides is 1. The number of carbonyl (C=O) groups excluding carboxylic acids is 1. The van der Waals surface area contributed by atoms with Gasteiger partial charge in [0.1, 0.15) is 23.7 Å². The SMILES string of the molecule is CNCC(=O)N1[C@@H]2CC[C@H]1CN(c1nc(OC[C@@H]3CCCN3C)nc3c(F)c(-c4cc(O)cc5ccccc45)ccc13)C2. The van der Waals surface area contributed by atoms with E-state index < -0.39 is 5.82 Å². The summed E-state index contributed by atoms with van der Waals surface area (Å²) in [6, 6.07) is 15.1. The number of likely N-dealkylation sites (N-methyl/N-ethyl adjacent to an activating group) is 2. The third-order valence-electron chi connectivity index (χ3n) is 9.38. The minimum Gasteiger partial charge on any atom is -0.508 e. The lowest BCUT2D eigenvalue weighted by molar-refractivity contribution is -0.133. The topological polar surface area (TPSA) is 94.1 Å². The van der Waals surface area contributed by atoms with Crippen molar-refractivity contribution in [2.45, 2.75) is 43.8 Å². The zero-order chi connectivity index (χ0) is 29.7. The second-order valence-corrected chi connectivity index (χ2v) is 12.1. The van der Waals surface area contributed by atoms with E-state index in [-0.39, 0.29) is 41.3 Å². The lowest BCUT2D eigenvalue weighted by Gasteiger charge is -2.42. The minimum absolute atomic E-state index is 0.0717. The zero-order valence-electron chi connectivity index (χ0n) is 24.6. The highest BCUT2D eigenvalue weighted by atomic mass is 19.1. The van der Waals surface area contributed by atoms with E-state index in [0.29, 0.717) is 48.6 Å². The fourth-order valence-corrected chi connectivity index (χ4v) is 7.24. The van der Waals surface area contributed by atoms with Crippen molar-refractivity contribution in [3.63, 3.8) is 0 Å². The first-order chi connectivity index (χ1) is 20.9. The molecule has 224 valence electrons. The third-order valence-corrected chi connectivity index (χ3v) is 9.38. The highest BCUT2D eigenvalue weighted by molar-refractivity contribution is 6.01. The first-order valence-electron chi connectivity index (χ1n) is 15.2. The molecule has 0 unspecified atom stereocenters. The van der Waals surface area contributed by atoms with Crippen LogP contribution in [-0.4, -0.2) is 95.8 Å². The largest absolute Gasteiger partial charge is 0.508 e. The van der Waals surface area contributed by atoms with Crippen LogP contribution in [0.2, 0.25) is 0 Å². The van der Waals surface area contributed by atoms with Gasteiger partial charge in [-0.25, -0.2) is 4.39 Å². The number of carbonyl (C=O) groups is 1. The average Bonchev–Trinajstić information content (AvgIpc) is 3.54. The van der Waals surface area contributed by atoms with Gasteiger partial charge in [-0.05, 0) is 80.9 Å². The van der Waals surface area contributed by atoms with Crippen molar-refractivity contribution in [2.24, 2.45) is 0 Å². The number of halogens is 1. The summed E-state index contributed by atoms with van der Waals surface area (Å²) in [7, 11) is 3.88. The van der Waals surface area contributed by atoms with Crippen LogP contribution in [0.3, 0.4) is 0 Å². The Labute approximate surface area is 250 Å². The van der Waals surface area contributed by atoms with E-state index in [2.05, 4.69) is 27.1 Å². The van der Waals surface area contributed by atoms with Crippen molar-refractivity contribution in [3.8, 4) is 22.9 Å². The van der Waals surface area contributed by atoms with Gasteiger partial charge in [-0.3, -0.25) is 4.79 Å². The molecule has 9 nitrogen and oxygen atoms in total. The molecule has 4 aromatic rings. The molecule has 1 aromatic heterocycles. The number of fused-ring (bicyclic) bond motifs is 4. The standard InChI is InChI=1S/C33H37FN6O3/c1-35-16-29(42)40-21-9-10-22(40)18-39(17-21)32-27-12-11-26(28-15-24(41)14-20-6-3-4-8-25(20)28)30(34)31(27)36-33(37-32)43-19-23-7-5-13-38(23)2/h3-4,6,8,11-12,14-15,21-23,35,41H,5,7,9-10,13,16-19H2,1-2H3/t21-,22+,23-/m0/s1. The van der Waals surface area contributed by atoms with Gasteiger partial charge in [0.15, 0.2) is 5.82 Å². The van der Waals surface area contributed by atoms with Gasteiger partial charge < -0.3 is 29.9 Å². The molecule has 3 aromatic carbocycles. The summed E-state index contributed by atoms with van der Waals surface area (Å²) >= 11 is 0. The zero-order valence-corrected chi connectivity index (χ0v) is 24.6. The number of benzene rings is 3. The first-order valence-corrected chi connectivity index (χ1v) is 15.2. The highest BCUT2D eigenvalue weighted by Crippen LogP contribution is 2.40. The number of nitrogens with zero attached hydrogens (tertiary/aromatic N) is 5. The van der Waals surface area contributed by atoms with Crippen LogP contribution < -0.4 is 15.0 Å². The molecule has 7 rings (SSSR count). The molecule has 2 N–H and O–H groups in total. The van der Waals surface area contributed by atoms with Crippen molar-refractivity contribution in [3.05, 3.63) is 54.3 Å². The maximum atomic E-state index is 16.6. The van der Waals surface area contributed by atoms with Crippen molar-refractivity contribution in [1.82, 2.24) is 25.1 Å². The lowest BCUT2D eigenvalue weighted by Crippen LogP contribution is -2.57. The molecule has 0 saturated carbocycles. The number of rotatable bonds is 7. The molecular weight excluding hydrogens is 547 g/mol. The number of phenolic OH excluding ortho intramolecular Hbond substituents is 1. The van der Waals surface area contributed by atoms with Crippen LogP contribution in [0.15, 0.2) is 48.5 Å². The average molecular weight is 585 g/mol. The summed E-state index contributed by atoms with van der Waals surface area (Å²) in [6.45, 7) is 2.99. The third kappa shape index (κ3) is 5.02. The van der Waals surface area contributed by atoms with Crippen LogP contribution in [0.25, 0.3) is 32.8 Å². The van der Waals surface area contributed by atoms with Gasteiger partial charge in [-0.2, -0.15) is 9.97 Å². The maximum absolute atomic E-state index is 16.6. The predicted octanol–water partition coefficient (Wildman–Crippen LogP) is 4.17. The number of aromatic hydroxyl groups is 1. The fraction of sp³-hybridized carbons (Fsp3) is 0.424. The van der Waals surface area contributed by atoms with Crippen LogP contribution in [-0.2, 0) is 4.79 Å². The monoisotopic (exact) mass is 584 g/mol. The summed E-state index contributed by atoms with van der Waals surface area (Å²) in [5.74, 6) is 0.331. The Morgan fingerprint density at radius 2 is 1.84 bits per heavy atom. The molecule has 1 amide bonds. The van der Waals surface area contributed by atoms with Gasteiger partial charge in [0.05, 0.1) is 6.54 Å². The summed E-state index contributed by atoms with van der Waals surface area (Å²) in [5.41, 5.74) is 1.14. The Bertz CT molecular complexity index is 1680. The van der Waals surface area contributed by atoms with Gasteiger partial charge in [0.2, 0.25) is 5.91 Å². The van der Waals surface area contributed by atoms with E-state index >= 15 is 4.39 Å². The molecule has 3 aliphatic rings. The molecule has 0 radical (unpaired) electrons. The van der Waals surface area contributed by atoms with E-state index in [9.17, 15) is 9.90 Å². The number of piperazine rings is 1. The summed E-state index contributed by atoms with van der Waals surface area (Å²) < 4.78 is 22.8. The van der Waals surface area contributed by atoms with E-state index in [1.165, 1.54) is 0 Å². The molecule has 2 bridgehead atoms. The Balaban J connectivity index is 1.31. The Morgan fingerprint density at radius 1 is 1.05 bits per heavy atom. The van der Waals surface area contributed by atoms with Gasteiger partial charge in [0.25, 0.3) is 0 Å². The van der Waals surface area contributed by atoms with Gasteiger partial charge in [-0.15, -0.1) is 0 Å². The molecule has 0 spiro atoms. The molecule has 3 atom stereocenters. The van der Waals surface area contributed by atoms with Crippen LogP contribution in [0.1, 0.15) is 25.7 Å². The van der Waals surface area contributed by atoms with Crippen molar-refractivity contribution in [1.29, 1.82) is 0 Å². The molecular formula is C33H37FN6O3. The van der Waals surface area contributed by atoms with Crippen LogP contribution >= 0.6 is 0 Å². The van der Waals surface area contributed by atoms with Crippen LogP contribution in [0.5, 0.6) is 11.8 Å². The highest BCUT2D eigenvalue weighted by Gasteiger charge is 2.43. The molecule has 0 aliphatic carbocycles. The van der Waals surface area contributed by atoms with E-state index in [1.807, 2.05) is 35.2 Å². The Hall–Kier alpha value is -4.02. The van der Waals surface area contributed by atoms with Crippen molar-refractivity contribution >= 4 is 33.4 Å². The van der Waals surface area contributed by atoms with Gasteiger partial charge in [-0.1, -0.05) is 30.3 Å². The number of anilines is 1. The smallest absolute Gasteiger partial charge is 0.319 e. The fourth-order valence-electron chi connectivity index (χ4n) is 7.24. The lowest BCUT2D eigenvalue weighted by atomic mass is 9.96. The summed E-state index contributed by atoms with van der Waals surface area (Å²) in [6.07, 6.45) is 4.01. The molecule has 10 heteroatoms. The van der Waals surface area contributed by atoms with E-state index in [0.717, 1.165) is 43.0 Å². The molecule has 3 aliphatic heterocycles. The van der Waals surface area contributed by atoms with Crippen LogP contribution in [0, 0.1) is 5.82 Å². The van der Waals surface area contributed by atoms with E-state index in [4.69, 9.17) is 9.72 Å². The molecule has 43 heavy (non-hydrogen) atoms. The Morgan fingerprint density at radius 3 is 2.58 bits per heavy atom. The van der Waals surface area contributed by atoms with Gasteiger partial charge in [0, 0.05) is 42.2 Å². The number of likely N-dealkylation sites (tertiary alicyclic amines) is 1. The normalized spacial score (nSPS) is 22.2. The second kappa shape index (κ2) is 11.2. The van der Waals surface area contributed by atoms with Crippen LogP contribution in [0.4, 0.5) is 10.2 Å². The predicted molar refractivity (Wildman–Crippen MR) is 165 cm³/mol. The van der Waals surface area contributed by atoms with E-state index in [1.54, 1.807) is 25.2 Å². The number of ether oxygens (including phenoxy) is 1. The number of phenols is 1. The summed E-state index contributed by atoms with van der Waals surface area (Å²) in [5, 5.41) is 15.7. The maximum Gasteiger partial charge on any atom is 0.319 e. The molecule has 4 heterocycles. The number of hydrogen-bond donors (Lipinski definition) is 2. The van der Waals surface area contributed by atoms with Crippen molar-refractivity contribution < 1.29 is 19.0 Å². The summed E-state index contributed by atoms with van der Waals surface area (Å²) in [4.78, 5) is 28.8. The quantitative estimate of drug-likeness (QED) is 0.335. The second-order valence-electron chi connectivity index (χ2n) is 12.1. The number of aromatic nitrogens is 2. The van der Waals surface area contributed by atoms with Gasteiger partial charge >= 0.3 is 6.01 Å². The van der Waals surface area contributed by atoms with Crippen molar-refractivity contribution in [2.75, 3.05) is 51.8 Å². The number of hydrogen-bond acceptors (Lipinski definition) is 8. The molecule has 3 saturated heterocycles. The Kier molecular flexibility index (Phi) is 7.26.